The highest BCUT2D eigenvalue weighted by molar-refractivity contribution is 5.42. The van der Waals surface area contributed by atoms with Crippen molar-refractivity contribution >= 4 is 0 Å². The van der Waals surface area contributed by atoms with Gasteiger partial charge in [0.1, 0.15) is 18.4 Å². The maximum atomic E-state index is 9.49. The van der Waals surface area contributed by atoms with Gasteiger partial charge in [0.2, 0.25) is 0 Å². The van der Waals surface area contributed by atoms with Crippen LogP contribution in [0.4, 0.5) is 0 Å². The first-order valence-electron chi connectivity index (χ1n) is 9.02. The van der Waals surface area contributed by atoms with Gasteiger partial charge in [0.05, 0.1) is 12.2 Å². The minimum atomic E-state index is 0.279. The standard InChI is InChI=1S/C19H27N3O2/c20-13-16-5-1-2-8-19(16)24-12-11-21-9-3-6-17(21)14-22-10-4-7-18(22)15-23/h1-2,5,8,17-18,23H,3-4,6-7,9-12,14-15H2. The Morgan fingerprint density at radius 1 is 1.12 bits per heavy atom. The maximum absolute atomic E-state index is 9.49. The van der Waals surface area contributed by atoms with E-state index in [1.54, 1.807) is 6.07 Å². The second kappa shape index (κ2) is 8.48. The van der Waals surface area contributed by atoms with E-state index < -0.39 is 0 Å². The number of rotatable bonds is 7. The van der Waals surface area contributed by atoms with Gasteiger partial charge in [0, 0.05) is 25.2 Å². The van der Waals surface area contributed by atoms with Gasteiger partial charge in [0.25, 0.3) is 0 Å². The Morgan fingerprint density at radius 3 is 2.67 bits per heavy atom. The van der Waals surface area contributed by atoms with Gasteiger partial charge >= 0.3 is 0 Å². The molecule has 0 aromatic heterocycles. The molecule has 1 aromatic rings. The molecule has 2 aliphatic rings. The number of likely N-dealkylation sites (tertiary alicyclic amines) is 2. The van der Waals surface area contributed by atoms with Gasteiger partial charge in [-0.3, -0.25) is 9.80 Å². The summed E-state index contributed by atoms with van der Waals surface area (Å²) in [6, 6.07) is 10.5. The highest BCUT2D eigenvalue weighted by Crippen LogP contribution is 2.23. The molecule has 0 saturated carbocycles. The van der Waals surface area contributed by atoms with Crippen LogP contribution >= 0.6 is 0 Å². The summed E-state index contributed by atoms with van der Waals surface area (Å²) in [7, 11) is 0. The summed E-state index contributed by atoms with van der Waals surface area (Å²) < 4.78 is 5.83. The van der Waals surface area contributed by atoms with E-state index in [4.69, 9.17) is 10.00 Å². The number of ether oxygens (including phenoxy) is 1. The van der Waals surface area contributed by atoms with E-state index in [0.29, 0.717) is 30.0 Å². The topological polar surface area (TPSA) is 59.7 Å². The van der Waals surface area contributed by atoms with Crippen LogP contribution in [0.3, 0.4) is 0 Å². The van der Waals surface area contributed by atoms with Crippen LogP contribution in [0.5, 0.6) is 5.75 Å². The van der Waals surface area contributed by atoms with Gasteiger partial charge in [-0.2, -0.15) is 5.26 Å². The second-order valence-corrected chi connectivity index (χ2v) is 6.76. The smallest absolute Gasteiger partial charge is 0.137 e. The number of aliphatic hydroxyl groups excluding tert-OH is 1. The van der Waals surface area contributed by atoms with E-state index in [2.05, 4.69) is 15.9 Å². The number of aliphatic hydroxyl groups is 1. The van der Waals surface area contributed by atoms with Crippen LogP contribution in [-0.4, -0.2) is 66.4 Å². The molecule has 2 unspecified atom stereocenters. The minimum absolute atomic E-state index is 0.279. The molecule has 2 heterocycles. The molecule has 2 fully saturated rings. The lowest BCUT2D eigenvalue weighted by molar-refractivity contribution is 0.115. The van der Waals surface area contributed by atoms with Crippen molar-refractivity contribution in [1.82, 2.24) is 9.80 Å². The van der Waals surface area contributed by atoms with Gasteiger partial charge in [-0.15, -0.1) is 0 Å². The number of benzene rings is 1. The van der Waals surface area contributed by atoms with E-state index >= 15 is 0 Å². The highest BCUT2D eigenvalue weighted by Gasteiger charge is 2.31. The van der Waals surface area contributed by atoms with Crippen molar-refractivity contribution in [3.8, 4) is 11.8 Å². The first kappa shape index (κ1) is 17.2. The van der Waals surface area contributed by atoms with Crippen molar-refractivity contribution in [1.29, 1.82) is 5.26 Å². The largest absolute Gasteiger partial charge is 0.491 e. The van der Waals surface area contributed by atoms with Crippen molar-refractivity contribution in [3.05, 3.63) is 29.8 Å². The first-order valence-corrected chi connectivity index (χ1v) is 9.02. The summed E-state index contributed by atoms with van der Waals surface area (Å²) in [5, 5.41) is 18.6. The van der Waals surface area contributed by atoms with Gasteiger partial charge in [0.15, 0.2) is 0 Å². The van der Waals surface area contributed by atoms with Crippen molar-refractivity contribution in [2.24, 2.45) is 0 Å². The lowest BCUT2D eigenvalue weighted by atomic mass is 10.2. The third-order valence-electron chi connectivity index (χ3n) is 5.30. The van der Waals surface area contributed by atoms with E-state index in [9.17, 15) is 5.11 Å². The van der Waals surface area contributed by atoms with E-state index in [1.807, 2.05) is 18.2 Å². The van der Waals surface area contributed by atoms with Crippen LogP contribution in [0.2, 0.25) is 0 Å². The molecule has 2 aliphatic heterocycles. The zero-order valence-corrected chi connectivity index (χ0v) is 14.2. The average molecular weight is 329 g/mol. The predicted octanol–water partition coefficient (Wildman–Crippen LogP) is 1.86. The second-order valence-electron chi connectivity index (χ2n) is 6.76. The molecule has 0 amide bonds. The van der Waals surface area contributed by atoms with E-state index in [0.717, 1.165) is 32.6 Å². The van der Waals surface area contributed by atoms with Crippen LogP contribution in [0.1, 0.15) is 31.2 Å². The minimum Gasteiger partial charge on any atom is -0.491 e. The average Bonchev–Trinajstić information content (AvgIpc) is 3.25. The summed E-state index contributed by atoms with van der Waals surface area (Å²) in [6.07, 6.45) is 4.78. The van der Waals surface area contributed by atoms with E-state index in [-0.39, 0.29) is 6.61 Å². The summed E-state index contributed by atoms with van der Waals surface area (Å²) in [4.78, 5) is 4.95. The molecule has 130 valence electrons. The fourth-order valence-corrected chi connectivity index (χ4v) is 3.97. The molecule has 5 nitrogen and oxygen atoms in total. The number of hydrogen-bond donors (Lipinski definition) is 1. The van der Waals surface area contributed by atoms with Crippen molar-refractivity contribution in [2.75, 3.05) is 39.4 Å². The van der Waals surface area contributed by atoms with Crippen LogP contribution in [0.15, 0.2) is 24.3 Å². The molecule has 2 atom stereocenters. The zero-order chi connectivity index (χ0) is 16.8. The number of para-hydroxylation sites is 1. The molecule has 3 rings (SSSR count). The molecule has 1 N–H and O–H groups in total. The predicted molar refractivity (Wildman–Crippen MR) is 92.9 cm³/mol. The third-order valence-corrected chi connectivity index (χ3v) is 5.30. The fraction of sp³-hybridized carbons (Fsp3) is 0.632. The third kappa shape index (κ3) is 4.07. The molecular weight excluding hydrogens is 302 g/mol. The van der Waals surface area contributed by atoms with Crippen molar-refractivity contribution in [3.63, 3.8) is 0 Å². The lowest BCUT2D eigenvalue weighted by Gasteiger charge is -2.31. The Morgan fingerprint density at radius 2 is 1.88 bits per heavy atom. The first-order chi connectivity index (χ1) is 11.8. The van der Waals surface area contributed by atoms with Crippen LogP contribution < -0.4 is 4.74 Å². The molecule has 0 aliphatic carbocycles. The van der Waals surface area contributed by atoms with Crippen LogP contribution in [0.25, 0.3) is 0 Å². The summed E-state index contributed by atoms with van der Waals surface area (Å²) >= 11 is 0. The van der Waals surface area contributed by atoms with Gasteiger partial charge in [-0.25, -0.2) is 0 Å². The van der Waals surface area contributed by atoms with Crippen molar-refractivity contribution < 1.29 is 9.84 Å². The zero-order valence-electron chi connectivity index (χ0n) is 14.2. The Balaban J connectivity index is 1.48. The molecule has 2 saturated heterocycles. The van der Waals surface area contributed by atoms with Crippen LogP contribution in [0, 0.1) is 11.3 Å². The van der Waals surface area contributed by atoms with Gasteiger partial charge in [-0.1, -0.05) is 12.1 Å². The quantitative estimate of drug-likeness (QED) is 0.827. The molecular formula is C19H27N3O2. The SMILES string of the molecule is N#Cc1ccccc1OCCN1CCCC1CN1CCCC1CO. The summed E-state index contributed by atoms with van der Waals surface area (Å²) in [5.41, 5.74) is 0.596. The monoisotopic (exact) mass is 329 g/mol. The molecule has 0 radical (unpaired) electrons. The molecule has 24 heavy (non-hydrogen) atoms. The molecule has 5 heteroatoms. The maximum Gasteiger partial charge on any atom is 0.137 e. The normalized spacial score (nSPS) is 25.0. The summed E-state index contributed by atoms with van der Waals surface area (Å²) in [6.45, 7) is 5.06. The van der Waals surface area contributed by atoms with Gasteiger partial charge < -0.3 is 9.84 Å². The molecule has 0 spiro atoms. The molecule has 0 bridgehead atoms. The Bertz CT molecular complexity index is 572. The number of nitrogens with zero attached hydrogens (tertiary/aromatic N) is 3. The van der Waals surface area contributed by atoms with Crippen molar-refractivity contribution in [2.45, 2.75) is 37.8 Å². The number of nitriles is 1. The van der Waals surface area contributed by atoms with Crippen LogP contribution in [-0.2, 0) is 0 Å². The number of hydrogen-bond acceptors (Lipinski definition) is 5. The Hall–Kier alpha value is -1.61. The molecule has 1 aromatic carbocycles. The summed E-state index contributed by atoms with van der Waals surface area (Å²) in [5.74, 6) is 0.677. The highest BCUT2D eigenvalue weighted by atomic mass is 16.5. The Labute approximate surface area is 144 Å². The van der Waals surface area contributed by atoms with Gasteiger partial charge in [-0.05, 0) is 50.9 Å². The lowest BCUT2D eigenvalue weighted by Crippen LogP contribution is -2.44. The van der Waals surface area contributed by atoms with E-state index in [1.165, 1.54) is 19.3 Å². The Kier molecular flexibility index (Phi) is 6.08. The fourth-order valence-electron chi connectivity index (χ4n) is 3.97.